The van der Waals surface area contributed by atoms with Gasteiger partial charge in [0.25, 0.3) is 6.23 Å². The van der Waals surface area contributed by atoms with E-state index in [0.717, 1.165) is 5.75 Å². The normalized spacial score (nSPS) is 24.9. The number of aliphatic hydroxyl groups excluding tert-OH is 2. The Morgan fingerprint density at radius 3 is 2.50 bits per heavy atom. The Balaban J connectivity index is 1.33. The van der Waals surface area contributed by atoms with Crippen LogP contribution in [0.2, 0.25) is 0 Å². The highest BCUT2D eigenvalue weighted by atomic mass is 31.2. The van der Waals surface area contributed by atoms with Gasteiger partial charge in [0.15, 0.2) is 18.5 Å². The first kappa shape index (κ1) is 24.7. The first-order valence-electron chi connectivity index (χ1n) is 10.0. The Morgan fingerprint density at radius 1 is 1.00 bits per heavy atom. The van der Waals surface area contributed by atoms with Crippen molar-refractivity contribution in [2.45, 2.75) is 24.5 Å². The van der Waals surface area contributed by atoms with Crippen LogP contribution in [0.4, 0.5) is 5.69 Å². The molecular formula is C20H28N2O9P+. The van der Waals surface area contributed by atoms with E-state index in [-0.39, 0.29) is 19.8 Å². The number of phosphoric acid groups is 1. The van der Waals surface area contributed by atoms with Gasteiger partial charge < -0.3 is 35.1 Å². The molecule has 1 aliphatic heterocycles. The largest absolute Gasteiger partial charge is 0.606 e. The van der Waals surface area contributed by atoms with Gasteiger partial charge in [-0.2, -0.15) is 18.5 Å². The second-order valence-corrected chi connectivity index (χ2v) is 8.46. The summed E-state index contributed by atoms with van der Waals surface area (Å²) in [6, 6.07) is 12.6. The van der Waals surface area contributed by atoms with Crippen molar-refractivity contribution in [3.05, 3.63) is 54.9 Å². The molecule has 1 saturated heterocycles. The van der Waals surface area contributed by atoms with Gasteiger partial charge in [-0.25, -0.2) is 0 Å². The summed E-state index contributed by atoms with van der Waals surface area (Å²) in [7, 11) is -4.40. The first-order chi connectivity index (χ1) is 15.4. The molecule has 1 aliphatic rings. The van der Waals surface area contributed by atoms with Crippen LogP contribution in [0, 0.1) is 0 Å². The van der Waals surface area contributed by atoms with Crippen LogP contribution in [0.5, 0.6) is 5.75 Å². The minimum Gasteiger partial charge on any atom is -0.606 e. The van der Waals surface area contributed by atoms with Crippen LogP contribution in [0.25, 0.3) is 0 Å². The van der Waals surface area contributed by atoms with Gasteiger partial charge in [-0.05, 0) is 18.2 Å². The molecule has 1 aromatic carbocycles. The minimum absolute atomic E-state index is 0.0570. The molecule has 11 nitrogen and oxygen atoms in total. The molecule has 0 spiro atoms. The number of hydrogen-bond acceptors (Lipinski definition) is 10. The maximum absolute atomic E-state index is 12.0. The predicted molar refractivity (Wildman–Crippen MR) is 111 cm³/mol. The Labute approximate surface area is 186 Å². The van der Waals surface area contributed by atoms with E-state index in [1.165, 1.54) is 10.8 Å². The highest BCUT2D eigenvalue weighted by molar-refractivity contribution is 7.52. The maximum atomic E-state index is 12.0. The number of aliphatic hydroxyl groups is 2. The van der Waals surface area contributed by atoms with Crippen LogP contribution in [0.1, 0.15) is 6.23 Å². The van der Waals surface area contributed by atoms with Crippen LogP contribution in [0.15, 0.2) is 54.9 Å². The van der Waals surface area contributed by atoms with E-state index in [2.05, 4.69) is 0 Å². The van der Waals surface area contributed by atoms with Gasteiger partial charge in [0.2, 0.25) is 0 Å². The third-order valence-electron chi connectivity index (χ3n) is 4.60. The molecular weight excluding hydrogens is 443 g/mol. The number of aromatic nitrogens is 1. The van der Waals surface area contributed by atoms with Crippen molar-refractivity contribution in [2.75, 3.05) is 38.8 Å². The molecule has 5 atom stereocenters. The number of nitrogen functional groups attached to an aromatic ring is 1. The number of pyridine rings is 1. The lowest BCUT2D eigenvalue weighted by Crippen LogP contribution is -2.45. The van der Waals surface area contributed by atoms with Crippen LogP contribution in [-0.2, 0) is 18.5 Å². The number of rotatable bonds is 12. The number of hydrogen-bond donors (Lipinski definition) is 4. The van der Waals surface area contributed by atoms with Crippen molar-refractivity contribution in [1.29, 1.82) is 0 Å². The Kier molecular flexibility index (Phi) is 9.11. The summed E-state index contributed by atoms with van der Waals surface area (Å²) in [5.74, 6) is 0.721. The molecule has 0 radical (unpaired) electrons. The Bertz CT molecular complexity index is 830. The quantitative estimate of drug-likeness (QED) is 0.178. The van der Waals surface area contributed by atoms with Crippen LogP contribution in [-0.4, -0.2) is 66.5 Å². The van der Waals surface area contributed by atoms with Crippen molar-refractivity contribution in [3.63, 3.8) is 0 Å². The zero-order valence-corrected chi connectivity index (χ0v) is 18.2. The predicted octanol–water partition coefficient (Wildman–Crippen LogP) is -0.665. The molecule has 3 rings (SSSR count). The zero-order valence-electron chi connectivity index (χ0n) is 17.3. The van der Waals surface area contributed by atoms with Gasteiger partial charge in [0, 0.05) is 6.07 Å². The molecule has 1 fully saturated rings. The van der Waals surface area contributed by atoms with Gasteiger partial charge in [-0.15, -0.1) is 0 Å². The summed E-state index contributed by atoms with van der Waals surface area (Å²) in [6.07, 6.45) is -1.42. The van der Waals surface area contributed by atoms with Crippen molar-refractivity contribution in [2.24, 2.45) is 0 Å². The molecule has 0 aliphatic carbocycles. The van der Waals surface area contributed by atoms with Gasteiger partial charge in [0.1, 0.15) is 37.8 Å². The van der Waals surface area contributed by atoms with Crippen LogP contribution in [0.3, 0.4) is 0 Å². The number of nitrogens with zero attached hydrogens (tertiary/aromatic N) is 1. The van der Waals surface area contributed by atoms with E-state index in [9.17, 15) is 20.0 Å². The molecule has 1 aromatic heterocycles. The molecule has 32 heavy (non-hydrogen) atoms. The summed E-state index contributed by atoms with van der Waals surface area (Å²) in [4.78, 5) is 21.8. The average Bonchev–Trinajstić information content (AvgIpc) is 3.06. The molecule has 176 valence electrons. The number of ether oxygens (including phenoxy) is 3. The summed E-state index contributed by atoms with van der Waals surface area (Å²) in [6.45, 7) is 0.0108. The van der Waals surface area contributed by atoms with Gasteiger partial charge in [-0.3, -0.25) is 0 Å². The van der Waals surface area contributed by atoms with E-state index < -0.39 is 39.3 Å². The van der Waals surface area contributed by atoms with Crippen molar-refractivity contribution < 1.29 is 47.8 Å². The number of para-hydroxylation sites is 1. The highest BCUT2D eigenvalue weighted by Crippen LogP contribution is 2.48. The smallest absolute Gasteiger partial charge is 0.376 e. The molecule has 0 bridgehead atoms. The summed E-state index contributed by atoms with van der Waals surface area (Å²) in [5.41, 5.74) is 6.16. The number of nitrogens with two attached hydrogens (primary N) is 1. The third kappa shape index (κ3) is 7.31. The van der Waals surface area contributed by atoms with Gasteiger partial charge >= 0.3 is 8.17 Å². The molecule has 0 amide bonds. The van der Waals surface area contributed by atoms with Crippen molar-refractivity contribution >= 4 is 13.9 Å². The molecule has 12 heteroatoms. The average molecular weight is 471 g/mol. The fraction of sp³-hybridized carbons (Fsp3) is 0.450. The number of benzene rings is 1. The fourth-order valence-corrected chi connectivity index (χ4v) is 3.75. The number of phosphoric ester groups is 1. The SMILES string of the molecule is Nc1ccc[n+]([C@@H]2O[C@H](CO[P+]([O-])(O)OCCOCCOc3ccccc3)[C@@H](O)[C@H]2O)c1. The maximum Gasteiger partial charge on any atom is 0.376 e. The first-order valence-corrected chi connectivity index (χ1v) is 11.5. The molecule has 2 aromatic rings. The second kappa shape index (κ2) is 11.8. The van der Waals surface area contributed by atoms with Crippen molar-refractivity contribution in [3.8, 4) is 5.75 Å². The molecule has 2 heterocycles. The van der Waals surface area contributed by atoms with E-state index in [1.54, 1.807) is 18.3 Å². The third-order valence-corrected chi connectivity index (χ3v) is 5.58. The summed E-state index contributed by atoms with van der Waals surface area (Å²) in [5, 5.41) is 20.4. The van der Waals surface area contributed by atoms with Gasteiger partial charge in [0.05, 0.1) is 18.9 Å². The van der Waals surface area contributed by atoms with Crippen LogP contribution < -0.4 is 19.9 Å². The molecule has 1 unspecified atom stereocenters. The van der Waals surface area contributed by atoms with E-state index in [0.29, 0.717) is 12.3 Å². The molecule has 5 N–H and O–H groups in total. The lowest BCUT2D eigenvalue weighted by Gasteiger charge is -2.21. The summed E-state index contributed by atoms with van der Waals surface area (Å²) < 4.78 is 27.6. The fourth-order valence-electron chi connectivity index (χ4n) is 3.04. The van der Waals surface area contributed by atoms with E-state index >= 15 is 0 Å². The van der Waals surface area contributed by atoms with E-state index in [4.69, 9.17) is 29.0 Å². The lowest BCUT2D eigenvalue weighted by molar-refractivity contribution is -0.765. The number of anilines is 1. The topological polar surface area (TPSA) is 160 Å². The zero-order chi connectivity index (χ0) is 23.0. The minimum atomic E-state index is -4.40. The Morgan fingerprint density at radius 2 is 1.75 bits per heavy atom. The highest BCUT2D eigenvalue weighted by Gasteiger charge is 2.49. The van der Waals surface area contributed by atoms with E-state index in [1.807, 2.05) is 30.3 Å². The Hall–Kier alpha value is -1.92. The second-order valence-electron chi connectivity index (χ2n) is 7.00. The van der Waals surface area contributed by atoms with Crippen LogP contribution >= 0.6 is 8.17 Å². The molecule has 0 saturated carbocycles. The summed E-state index contributed by atoms with van der Waals surface area (Å²) >= 11 is 0. The van der Waals surface area contributed by atoms with Crippen molar-refractivity contribution in [1.82, 2.24) is 0 Å². The monoisotopic (exact) mass is 471 g/mol. The standard InChI is InChI=1S/C20H27N2O9P/c21-15-5-4-8-22(13-15)20-19(24)18(23)17(31-20)14-30-32(25,26)29-12-10-27-9-11-28-16-6-2-1-3-7-16/h1-8,13,17-20,23-24H,9-12,14,21H2/p+1/t17-,18-,19-,20-/m1/s1. The van der Waals surface area contributed by atoms with Gasteiger partial charge in [-0.1, -0.05) is 18.2 Å². The lowest BCUT2D eigenvalue weighted by atomic mass is 10.1.